The van der Waals surface area contributed by atoms with Crippen LogP contribution < -0.4 is 0 Å². The molecular formula is C14H28N2O. The standard InChI is InChI=1S/C14H28N2O/c1-13(12-17)10-16-8-4-14(5-9-16)11-15-6-2-3-7-15/h13-14,17H,2-12H2,1H3. The van der Waals surface area contributed by atoms with Crippen LogP contribution in [0.5, 0.6) is 0 Å². The molecular weight excluding hydrogens is 212 g/mol. The van der Waals surface area contributed by atoms with Gasteiger partial charge < -0.3 is 14.9 Å². The van der Waals surface area contributed by atoms with Crippen molar-refractivity contribution in [3.8, 4) is 0 Å². The Labute approximate surface area is 106 Å². The maximum Gasteiger partial charge on any atom is 0.0468 e. The quantitative estimate of drug-likeness (QED) is 0.787. The van der Waals surface area contributed by atoms with E-state index in [9.17, 15) is 0 Å². The van der Waals surface area contributed by atoms with Gasteiger partial charge >= 0.3 is 0 Å². The van der Waals surface area contributed by atoms with Gasteiger partial charge in [0, 0.05) is 19.7 Å². The molecule has 1 atom stereocenters. The predicted molar refractivity (Wildman–Crippen MR) is 71.1 cm³/mol. The Hall–Kier alpha value is -0.120. The number of likely N-dealkylation sites (tertiary alicyclic amines) is 2. The van der Waals surface area contributed by atoms with E-state index in [1.807, 2.05) is 0 Å². The van der Waals surface area contributed by atoms with Gasteiger partial charge in [0.1, 0.15) is 0 Å². The van der Waals surface area contributed by atoms with Crippen LogP contribution in [0, 0.1) is 11.8 Å². The Morgan fingerprint density at radius 3 is 2.29 bits per heavy atom. The molecule has 1 N–H and O–H groups in total. The lowest BCUT2D eigenvalue weighted by atomic mass is 9.95. The molecule has 0 aromatic carbocycles. The lowest BCUT2D eigenvalue weighted by Crippen LogP contribution is -2.40. The number of aliphatic hydroxyl groups excluding tert-OH is 1. The molecule has 0 radical (unpaired) electrons. The minimum atomic E-state index is 0.327. The number of rotatable bonds is 5. The highest BCUT2D eigenvalue weighted by atomic mass is 16.3. The van der Waals surface area contributed by atoms with E-state index in [1.54, 1.807) is 0 Å². The topological polar surface area (TPSA) is 26.7 Å². The summed E-state index contributed by atoms with van der Waals surface area (Å²) in [6, 6.07) is 0. The fourth-order valence-electron chi connectivity index (χ4n) is 3.18. The van der Waals surface area contributed by atoms with Gasteiger partial charge in [-0.05, 0) is 63.7 Å². The average molecular weight is 240 g/mol. The van der Waals surface area contributed by atoms with Crippen LogP contribution in [0.15, 0.2) is 0 Å². The fourth-order valence-corrected chi connectivity index (χ4v) is 3.18. The maximum absolute atomic E-state index is 9.07. The molecule has 2 saturated heterocycles. The van der Waals surface area contributed by atoms with E-state index in [2.05, 4.69) is 16.7 Å². The molecule has 3 heteroatoms. The van der Waals surface area contributed by atoms with Crippen LogP contribution in [0.3, 0.4) is 0 Å². The third-order valence-corrected chi connectivity index (χ3v) is 4.30. The minimum absolute atomic E-state index is 0.327. The number of hydrogen-bond donors (Lipinski definition) is 1. The second kappa shape index (κ2) is 6.72. The van der Waals surface area contributed by atoms with Crippen molar-refractivity contribution in [3.05, 3.63) is 0 Å². The van der Waals surface area contributed by atoms with Gasteiger partial charge in [-0.2, -0.15) is 0 Å². The lowest BCUT2D eigenvalue weighted by molar-refractivity contribution is 0.121. The largest absolute Gasteiger partial charge is 0.396 e. The van der Waals surface area contributed by atoms with E-state index in [4.69, 9.17) is 5.11 Å². The summed E-state index contributed by atoms with van der Waals surface area (Å²) in [5, 5.41) is 9.07. The van der Waals surface area contributed by atoms with Crippen LogP contribution in [0.2, 0.25) is 0 Å². The number of piperidine rings is 1. The normalized spacial score (nSPS) is 26.5. The zero-order chi connectivity index (χ0) is 12.1. The SMILES string of the molecule is CC(CO)CN1CCC(CN2CCCC2)CC1. The van der Waals surface area contributed by atoms with Gasteiger partial charge in [0.15, 0.2) is 0 Å². The van der Waals surface area contributed by atoms with Crippen molar-refractivity contribution < 1.29 is 5.11 Å². The molecule has 0 bridgehead atoms. The number of hydrogen-bond acceptors (Lipinski definition) is 3. The molecule has 0 aromatic heterocycles. The molecule has 17 heavy (non-hydrogen) atoms. The smallest absolute Gasteiger partial charge is 0.0468 e. The zero-order valence-corrected chi connectivity index (χ0v) is 11.3. The number of aliphatic hydroxyl groups is 1. The van der Waals surface area contributed by atoms with Crippen LogP contribution in [-0.4, -0.2) is 60.8 Å². The zero-order valence-electron chi connectivity index (χ0n) is 11.3. The van der Waals surface area contributed by atoms with Crippen molar-refractivity contribution in [2.75, 3.05) is 45.9 Å². The molecule has 0 aliphatic carbocycles. The van der Waals surface area contributed by atoms with Crippen LogP contribution in [0.4, 0.5) is 0 Å². The van der Waals surface area contributed by atoms with Gasteiger partial charge in [-0.25, -0.2) is 0 Å². The molecule has 2 fully saturated rings. The molecule has 0 spiro atoms. The highest BCUT2D eigenvalue weighted by molar-refractivity contribution is 4.77. The first kappa shape index (κ1) is 13.3. The first-order valence-corrected chi connectivity index (χ1v) is 7.33. The molecule has 0 saturated carbocycles. The van der Waals surface area contributed by atoms with Crippen molar-refractivity contribution in [1.82, 2.24) is 9.80 Å². The van der Waals surface area contributed by atoms with Crippen LogP contribution in [0.25, 0.3) is 0 Å². The van der Waals surface area contributed by atoms with Crippen molar-refractivity contribution in [2.24, 2.45) is 11.8 Å². The monoisotopic (exact) mass is 240 g/mol. The summed E-state index contributed by atoms with van der Waals surface area (Å²) >= 11 is 0. The molecule has 2 rings (SSSR count). The van der Waals surface area contributed by atoms with Crippen molar-refractivity contribution >= 4 is 0 Å². The molecule has 100 valence electrons. The summed E-state index contributed by atoms with van der Waals surface area (Å²) in [5.74, 6) is 1.36. The Morgan fingerprint density at radius 2 is 1.71 bits per heavy atom. The van der Waals surface area contributed by atoms with Crippen LogP contribution >= 0.6 is 0 Å². The van der Waals surface area contributed by atoms with Gasteiger partial charge in [0.25, 0.3) is 0 Å². The maximum atomic E-state index is 9.07. The second-order valence-corrected chi connectivity index (χ2v) is 6.04. The first-order chi connectivity index (χ1) is 8.28. The van der Waals surface area contributed by atoms with E-state index in [0.29, 0.717) is 12.5 Å². The van der Waals surface area contributed by atoms with E-state index in [1.165, 1.54) is 58.4 Å². The summed E-state index contributed by atoms with van der Waals surface area (Å²) in [6.45, 7) is 10.0. The molecule has 0 aromatic rings. The van der Waals surface area contributed by atoms with Gasteiger partial charge in [-0.1, -0.05) is 6.92 Å². The lowest BCUT2D eigenvalue weighted by Gasteiger charge is -2.34. The highest BCUT2D eigenvalue weighted by Gasteiger charge is 2.23. The number of nitrogens with zero attached hydrogens (tertiary/aromatic N) is 2. The second-order valence-electron chi connectivity index (χ2n) is 6.04. The minimum Gasteiger partial charge on any atom is -0.396 e. The molecule has 3 nitrogen and oxygen atoms in total. The van der Waals surface area contributed by atoms with Crippen molar-refractivity contribution in [1.29, 1.82) is 0 Å². The van der Waals surface area contributed by atoms with E-state index >= 15 is 0 Å². The van der Waals surface area contributed by atoms with Gasteiger partial charge in [-0.15, -0.1) is 0 Å². The summed E-state index contributed by atoms with van der Waals surface area (Å²) < 4.78 is 0. The Bertz CT molecular complexity index is 208. The van der Waals surface area contributed by atoms with E-state index < -0.39 is 0 Å². The molecule has 2 aliphatic rings. The van der Waals surface area contributed by atoms with Crippen LogP contribution in [-0.2, 0) is 0 Å². The Balaban J connectivity index is 1.63. The molecule has 1 unspecified atom stereocenters. The predicted octanol–water partition coefficient (Wildman–Crippen LogP) is 1.42. The summed E-state index contributed by atoms with van der Waals surface area (Å²) in [6.07, 6.45) is 5.53. The Kier molecular flexibility index (Phi) is 5.26. The van der Waals surface area contributed by atoms with Gasteiger partial charge in [-0.3, -0.25) is 0 Å². The van der Waals surface area contributed by atoms with E-state index in [-0.39, 0.29) is 0 Å². The highest BCUT2D eigenvalue weighted by Crippen LogP contribution is 2.21. The van der Waals surface area contributed by atoms with Crippen molar-refractivity contribution in [3.63, 3.8) is 0 Å². The summed E-state index contributed by atoms with van der Waals surface area (Å²) in [7, 11) is 0. The molecule has 2 aliphatic heterocycles. The third-order valence-electron chi connectivity index (χ3n) is 4.30. The third kappa shape index (κ3) is 4.23. The van der Waals surface area contributed by atoms with Crippen molar-refractivity contribution in [2.45, 2.75) is 32.6 Å². The molecule has 2 heterocycles. The van der Waals surface area contributed by atoms with Crippen LogP contribution in [0.1, 0.15) is 32.6 Å². The summed E-state index contributed by atoms with van der Waals surface area (Å²) in [5.41, 5.74) is 0. The first-order valence-electron chi connectivity index (χ1n) is 7.33. The summed E-state index contributed by atoms with van der Waals surface area (Å²) in [4.78, 5) is 5.18. The fraction of sp³-hybridized carbons (Fsp3) is 1.00. The molecule has 0 amide bonds. The van der Waals surface area contributed by atoms with E-state index in [0.717, 1.165) is 12.5 Å². The van der Waals surface area contributed by atoms with Gasteiger partial charge in [0.05, 0.1) is 0 Å². The Morgan fingerprint density at radius 1 is 1.06 bits per heavy atom. The average Bonchev–Trinajstić information content (AvgIpc) is 2.84. The van der Waals surface area contributed by atoms with Gasteiger partial charge in [0.2, 0.25) is 0 Å².